The van der Waals surface area contributed by atoms with Crippen molar-refractivity contribution < 1.29 is 4.74 Å². The summed E-state index contributed by atoms with van der Waals surface area (Å²) >= 11 is 6.45. The maximum Gasteiger partial charge on any atom is 0.0611 e. The summed E-state index contributed by atoms with van der Waals surface area (Å²) in [5.74, 6) is 0.418. The van der Waals surface area contributed by atoms with Crippen molar-refractivity contribution in [2.45, 2.75) is 45.1 Å². The van der Waals surface area contributed by atoms with Crippen molar-refractivity contribution >= 4 is 11.6 Å². The first-order chi connectivity index (χ1) is 7.90. The molecule has 1 aromatic rings. The standard InChI is InChI=1S/C15H23ClO/c1-12(10-11-17-15(2,3)4)14(16)13-8-6-5-7-9-13/h5-9,12,14H,10-11H2,1-4H3. The SMILES string of the molecule is CC(CCOC(C)(C)C)C(Cl)c1ccccc1. The van der Waals surface area contributed by atoms with Crippen molar-refractivity contribution in [3.63, 3.8) is 0 Å². The highest BCUT2D eigenvalue weighted by atomic mass is 35.5. The topological polar surface area (TPSA) is 9.23 Å². The Morgan fingerprint density at radius 2 is 1.76 bits per heavy atom. The van der Waals surface area contributed by atoms with Gasteiger partial charge in [-0.2, -0.15) is 0 Å². The average Bonchev–Trinajstić information content (AvgIpc) is 2.27. The second-order valence-corrected chi connectivity index (χ2v) is 6.01. The van der Waals surface area contributed by atoms with Gasteiger partial charge >= 0.3 is 0 Å². The van der Waals surface area contributed by atoms with Crippen LogP contribution < -0.4 is 0 Å². The van der Waals surface area contributed by atoms with Gasteiger partial charge in [0, 0.05) is 6.61 Å². The third-order valence-electron chi connectivity index (χ3n) is 2.73. The number of alkyl halides is 1. The lowest BCUT2D eigenvalue weighted by Gasteiger charge is -2.23. The van der Waals surface area contributed by atoms with E-state index in [1.807, 2.05) is 18.2 Å². The number of hydrogen-bond donors (Lipinski definition) is 0. The zero-order valence-corrected chi connectivity index (χ0v) is 12.0. The second-order valence-electron chi connectivity index (χ2n) is 5.54. The average molecular weight is 255 g/mol. The number of benzene rings is 1. The van der Waals surface area contributed by atoms with E-state index in [9.17, 15) is 0 Å². The molecule has 1 rings (SSSR count). The zero-order chi connectivity index (χ0) is 12.9. The fourth-order valence-corrected chi connectivity index (χ4v) is 1.93. The zero-order valence-electron chi connectivity index (χ0n) is 11.2. The van der Waals surface area contributed by atoms with Crippen molar-refractivity contribution in [1.82, 2.24) is 0 Å². The minimum absolute atomic E-state index is 0.0612. The van der Waals surface area contributed by atoms with Gasteiger partial charge < -0.3 is 4.74 Å². The highest BCUT2D eigenvalue weighted by Gasteiger charge is 2.17. The van der Waals surface area contributed by atoms with Gasteiger partial charge in [-0.1, -0.05) is 37.3 Å². The van der Waals surface area contributed by atoms with Crippen LogP contribution in [0.5, 0.6) is 0 Å². The third-order valence-corrected chi connectivity index (χ3v) is 3.41. The minimum Gasteiger partial charge on any atom is -0.376 e. The molecule has 0 aliphatic carbocycles. The molecule has 0 aliphatic heterocycles. The normalized spacial score (nSPS) is 15.6. The summed E-state index contributed by atoms with van der Waals surface area (Å²) in [6, 6.07) is 10.2. The molecule has 17 heavy (non-hydrogen) atoms. The molecule has 0 saturated heterocycles. The van der Waals surface area contributed by atoms with E-state index in [1.165, 1.54) is 5.56 Å². The summed E-state index contributed by atoms with van der Waals surface area (Å²) in [5.41, 5.74) is 1.13. The molecular formula is C15H23ClO. The molecule has 2 heteroatoms. The third kappa shape index (κ3) is 5.56. The van der Waals surface area contributed by atoms with E-state index in [4.69, 9.17) is 16.3 Å². The van der Waals surface area contributed by atoms with E-state index in [1.54, 1.807) is 0 Å². The molecule has 1 aromatic carbocycles. The first-order valence-electron chi connectivity index (χ1n) is 6.23. The number of rotatable bonds is 5. The predicted octanol–water partition coefficient (Wildman–Crippen LogP) is 4.81. The molecule has 0 saturated carbocycles. The molecule has 2 unspecified atom stereocenters. The summed E-state index contributed by atoms with van der Waals surface area (Å²) in [5, 5.41) is 0.0692. The van der Waals surface area contributed by atoms with Crippen LogP contribution in [0.1, 0.15) is 45.1 Å². The summed E-state index contributed by atoms with van der Waals surface area (Å²) in [6.45, 7) is 9.17. The summed E-state index contributed by atoms with van der Waals surface area (Å²) in [4.78, 5) is 0. The number of halogens is 1. The Hall–Kier alpha value is -0.530. The van der Waals surface area contributed by atoms with Gasteiger partial charge in [0.1, 0.15) is 0 Å². The van der Waals surface area contributed by atoms with Gasteiger partial charge in [-0.3, -0.25) is 0 Å². The second kappa shape index (κ2) is 6.42. The molecule has 0 N–H and O–H groups in total. The van der Waals surface area contributed by atoms with Crippen molar-refractivity contribution in [1.29, 1.82) is 0 Å². The molecule has 0 amide bonds. The summed E-state index contributed by atoms with van der Waals surface area (Å²) in [7, 11) is 0. The van der Waals surface area contributed by atoms with Crippen molar-refractivity contribution in [3.8, 4) is 0 Å². The molecule has 0 heterocycles. The van der Waals surface area contributed by atoms with Gasteiger partial charge in [-0.05, 0) is 38.7 Å². The van der Waals surface area contributed by atoms with Gasteiger partial charge in [0.2, 0.25) is 0 Å². The summed E-state index contributed by atoms with van der Waals surface area (Å²) < 4.78 is 5.73. The van der Waals surface area contributed by atoms with Crippen LogP contribution in [-0.4, -0.2) is 12.2 Å². The number of ether oxygens (including phenoxy) is 1. The summed E-state index contributed by atoms with van der Waals surface area (Å²) in [6.07, 6.45) is 0.986. The molecule has 2 atom stereocenters. The Morgan fingerprint density at radius 3 is 2.29 bits per heavy atom. The van der Waals surface area contributed by atoms with Crippen LogP contribution in [0.3, 0.4) is 0 Å². The van der Waals surface area contributed by atoms with E-state index in [-0.39, 0.29) is 11.0 Å². The van der Waals surface area contributed by atoms with E-state index >= 15 is 0 Å². The molecule has 1 nitrogen and oxygen atoms in total. The molecule has 96 valence electrons. The molecule has 0 bridgehead atoms. The Bertz CT molecular complexity index is 315. The maximum atomic E-state index is 6.45. The largest absolute Gasteiger partial charge is 0.376 e. The van der Waals surface area contributed by atoms with Crippen LogP contribution in [0, 0.1) is 5.92 Å². The maximum absolute atomic E-state index is 6.45. The smallest absolute Gasteiger partial charge is 0.0611 e. The van der Waals surface area contributed by atoms with Gasteiger partial charge in [-0.15, -0.1) is 11.6 Å². The Morgan fingerprint density at radius 1 is 1.18 bits per heavy atom. The fourth-order valence-electron chi connectivity index (χ4n) is 1.66. The van der Waals surface area contributed by atoms with Crippen LogP contribution in [0.2, 0.25) is 0 Å². The van der Waals surface area contributed by atoms with Crippen molar-refractivity contribution in [3.05, 3.63) is 35.9 Å². The van der Waals surface area contributed by atoms with Crippen LogP contribution in [0.4, 0.5) is 0 Å². The van der Waals surface area contributed by atoms with Crippen molar-refractivity contribution in [2.24, 2.45) is 5.92 Å². The predicted molar refractivity (Wildman–Crippen MR) is 74.5 cm³/mol. The Balaban J connectivity index is 2.40. The molecule has 0 aliphatic rings. The highest BCUT2D eigenvalue weighted by Crippen LogP contribution is 2.30. The van der Waals surface area contributed by atoms with Gasteiger partial charge in [0.15, 0.2) is 0 Å². The molecule has 0 radical (unpaired) electrons. The first-order valence-corrected chi connectivity index (χ1v) is 6.67. The Labute approximate surface area is 110 Å². The van der Waals surface area contributed by atoms with Crippen LogP contribution >= 0.6 is 11.6 Å². The van der Waals surface area contributed by atoms with Crippen LogP contribution in [0.15, 0.2) is 30.3 Å². The van der Waals surface area contributed by atoms with E-state index in [2.05, 4.69) is 39.8 Å². The quantitative estimate of drug-likeness (QED) is 0.686. The monoisotopic (exact) mass is 254 g/mol. The molecular weight excluding hydrogens is 232 g/mol. The lowest BCUT2D eigenvalue weighted by molar-refractivity contribution is -0.00865. The molecule has 0 fully saturated rings. The van der Waals surface area contributed by atoms with Gasteiger partial charge in [0.05, 0.1) is 11.0 Å². The highest BCUT2D eigenvalue weighted by molar-refractivity contribution is 6.20. The fraction of sp³-hybridized carbons (Fsp3) is 0.600. The van der Waals surface area contributed by atoms with Gasteiger partial charge in [-0.25, -0.2) is 0 Å². The lowest BCUT2D eigenvalue weighted by Crippen LogP contribution is -2.21. The molecule has 0 aromatic heterocycles. The van der Waals surface area contributed by atoms with Crippen molar-refractivity contribution in [2.75, 3.05) is 6.61 Å². The van der Waals surface area contributed by atoms with Crippen LogP contribution in [-0.2, 0) is 4.74 Å². The van der Waals surface area contributed by atoms with Crippen LogP contribution in [0.25, 0.3) is 0 Å². The van der Waals surface area contributed by atoms with E-state index < -0.39 is 0 Å². The lowest BCUT2D eigenvalue weighted by atomic mass is 9.98. The van der Waals surface area contributed by atoms with E-state index in [0.717, 1.165) is 13.0 Å². The van der Waals surface area contributed by atoms with E-state index in [0.29, 0.717) is 5.92 Å². The number of hydrogen-bond acceptors (Lipinski definition) is 1. The minimum atomic E-state index is -0.0612. The van der Waals surface area contributed by atoms with Gasteiger partial charge in [0.25, 0.3) is 0 Å². The first kappa shape index (κ1) is 14.5. The molecule has 0 spiro atoms. The Kier molecular flexibility index (Phi) is 5.48.